The average Bonchev–Trinajstić information content (AvgIpc) is 3.21. The minimum Gasteiger partial charge on any atom is -0.463 e. The zero-order valence-electron chi connectivity index (χ0n) is 19.1. The van der Waals surface area contributed by atoms with Crippen LogP contribution in [0.15, 0.2) is 53.3 Å². The molecule has 3 aromatic rings. The summed E-state index contributed by atoms with van der Waals surface area (Å²) in [4.78, 5) is 39.6. The molecular formula is C25H25ClF3N3O4. The third-order valence-electron chi connectivity index (χ3n) is 6.01. The summed E-state index contributed by atoms with van der Waals surface area (Å²) in [5, 5.41) is 3.51. The highest BCUT2D eigenvalue weighted by Crippen LogP contribution is 2.37. The van der Waals surface area contributed by atoms with Crippen LogP contribution in [0.3, 0.4) is 0 Å². The molecule has 2 heterocycles. The van der Waals surface area contributed by atoms with Crippen LogP contribution in [-0.2, 0) is 20.5 Å². The first-order chi connectivity index (χ1) is 16.7. The van der Waals surface area contributed by atoms with Gasteiger partial charge in [-0.05, 0) is 48.5 Å². The van der Waals surface area contributed by atoms with E-state index < -0.39 is 23.2 Å². The van der Waals surface area contributed by atoms with Gasteiger partial charge in [0, 0.05) is 23.1 Å². The van der Waals surface area contributed by atoms with Crippen LogP contribution in [0.2, 0.25) is 0 Å². The number of amides is 1. The van der Waals surface area contributed by atoms with Gasteiger partial charge < -0.3 is 20.8 Å². The molecule has 0 radical (unpaired) electrons. The normalized spacial score (nSPS) is 17.5. The lowest BCUT2D eigenvalue weighted by molar-refractivity contribution is -0.144. The van der Waals surface area contributed by atoms with Gasteiger partial charge in [-0.1, -0.05) is 30.3 Å². The van der Waals surface area contributed by atoms with Gasteiger partial charge in [0.15, 0.2) is 0 Å². The SMILES string of the molecule is Cl.NCCCC(=O)OCC1C[C@H](c2ccc3cc(-c4ccccc4C(F)(F)F)[nH]c(=O)c3c2)C(=O)N1. The van der Waals surface area contributed by atoms with Crippen LogP contribution in [0.25, 0.3) is 22.0 Å². The molecule has 1 aromatic heterocycles. The van der Waals surface area contributed by atoms with Crippen LogP contribution in [0.1, 0.15) is 36.3 Å². The summed E-state index contributed by atoms with van der Waals surface area (Å²) < 4.78 is 45.5. The van der Waals surface area contributed by atoms with Gasteiger partial charge in [0.1, 0.15) is 6.61 Å². The largest absolute Gasteiger partial charge is 0.463 e. The Kier molecular flexibility index (Phi) is 8.42. The Balaban J connectivity index is 0.00000361. The minimum absolute atomic E-state index is 0. The molecule has 1 saturated heterocycles. The lowest BCUT2D eigenvalue weighted by Crippen LogP contribution is -2.31. The van der Waals surface area contributed by atoms with Crippen LogP contribution in [0.5, 0.6) is 0 Å². The molecule has 1 aliphatic heterocycles. The number of alkyl halides is 3. The first-order valence-corrected chi connectivity index (χ1v) is 11.2. The van der Waals surface area contributed by atoms with Crippen molar-refractivity contribution in [1.29, 1.82) is 0 Å². The summed E-state index contributed by atoms with van der Waals surface area (Å²) in [6, 6.07) is 11.0. The lowest BCUT2D eigenvalue weighted by Gasteiger charge is -2.14. The van der Waals surface area contributed by atoms with Gasteiger partial charge in [0.25, 0.3) is 5.56 Å². The Bertz CT molecular complexity index is 1330. The van der Waals surface area contributed by atoms with E-state index in [4.69, 9.17) is 10.5 Å². The van der Waals surface area contributed by atoms with E-state index in [0.29, 0.717) is 30.3 Å². The highest BCUT2D eigenvalue weighted by atomic mass is 35.5. The van der Waals surface area contributed by atoms with Gasteiger partial charge in [-0.15, -0.1) is 12.4 Å². The summed E-state index contributed by atoms with van der Waals surface area (Å²) in [6.07, 6.45) is -3.46. The molecule has 0 bridgehead atoms. The van der Waals surface area contributed by atoms with Crippen LogP contribution in [0, 0.1) is 0 Å². The second kappa shape index (κ2) is 11.1. The zero-order valence-corrected chi connectivity index (χ0v) is 19.9. The fraction of sp³-hybridized carbons (Fsp3) is 0.320. The fourth-order valence-electron chi connectivity index (χ4n) is 4.27. The molecule has 1 unspecified atom stereocenters. The highest BCUT2D eigenvalue weighted by molar-refractivity contribution is 5.90. The molecule has 7 nitrogen and oxygen atoms in total. The first-order valence-electron chi connectivity index (χ1n) is 11.2. The van der Waals surface area contributed by atoms with Crippen molar-refractivity contribution in [3.05, 3.63) is 70.0 Å². The predicted molar refractivity (Wildman–Crippen MR) is 131 cm³/mol. The van der Waals surface area contributed by atoms with Crippen molar-refractivity contribution in [3.63, 3.8) is 0 Å². The maximum atomic E-state index is 13.4. The molecular weight excluding hydrogens is 499 g/mol. The third-order valence-corrected chi connectivity index (χ3v) is 6.01. The number of carbonyl (C=O) groups is 2. The van der Waals surface area contributed by atoms with Gasteiger partial charge in [-0.25, -0.2) is 0 Å². The molecule has 1 aliphatic rings. The Morgan fingerprint density at radius 2 is 1.86 bits per heavy atom. The number of aromatic nitrogens is 1. The molecule has 11 heteroatoms. The summed E-state index contributed by atoms with van der Waals surface area (Å²) >= 11 is 0. The summed E-state index contributed by atoms with van der Waals surface area (Å²) in [5.41, 5.74) is 4.50. The number of hydrogen-bond donors (Lipinski definition) is 3. The van der Waals surface area contributed by atoms with Gasteiger partial charge in [-0.2, -0.15) is 13.2 Å². The Hall–Kier alpha value is -3.37. The molecule has 36 heavy (non-hydrogen) atoms. The molecule has 4 N–H and O–H groups in total. The molecule has 192 valence electrons. The van der Waals surface area contributed by atoms with E-state index in [1.54, 1.807) is 18.2 Å². The number of aromatic amines is 1. The predicted octanol–water partition coefficient (Wildman–Crippen LogP) is 3.89. The number of pyridine rings is 1. The van der Waals surface area contributed by atoms with Crippen molar-refractivity contribution >= 4 is 35.1 Å². The summed E-state index contributed by atoms with van der Waals surface area (Å²) in [7, 11) is 0. The first kappa shape index (κ1) is 27.2. The van der Waals surface area contributed by atoms with Gasteiger partial charge >= 0.3 is 12.1 Å². The Labute approximate surface area is 210 Å². The lowest BCUT2D eigenvalue weighted by atomic mass is 9.93. The number of rotatable bonds is 7. The molecule has 4 rings (SSSR count). The standard InChI is InChI=1S/C25H24F3N3O4.ClH/c26-25(27,28)20-5-2-1-4-17(20)21-11-15-8-7-14(10-18(15)24(34)31-21)19-12-16(30-23(19)33)13-35-22(32)6-3-9-29;/h1-2,4-5,7-8,10-11,16,19H,3,6,9,12-13,29H2,(H,30,33)(H,31,34);1H/t16?,19-;/m1./s1. The van der Waals surface area contributed by atoms with E-state index >= 15 is 0 Å². The molecule has 1 amide bonds. The number of hydrogen-bond acceptors (Lipinski definition) is 5. The number of H-pyrrole nitrogens is 1. The van der Waals surface area contributed by atoms with Crippen molar-refractivity contribution < 1.29 is 27.5 Å². The molecule has 2 aromatic carbocycles. The maximum absolute atomic E-state index is 13.4. The second-order valence-electron chi connectivity index (χ2n) is 8.47. The maximum Gasteiger partial charge on any atom is 0.417 e. The molecule has 1 fully saturated rings. The molecule has 0 saturated carbocycles. The van der Waals surface area contributed by atoms with E-state index in [1.807, 2.05) is 0 Å². The monoisotopic (exact) mass is 523 g/mol. The fourth-order valence-corrected chi connectivity index (χ4v) is 4.27. The number of benzene rings is 2. The quantitative estimate of drug-likeness (QED) is 0.407. The number of esters is 1. The van der Waals surface area contributed by atoms with E-state index in [0.717, 1.165) is 6.07 Å². The molecule has 0 aliphatic carbocycles. The van der Waals surface area contributed by atoms with E-state index in [9.17, 15) is 27.6 Å². The van der Waals surface area contributed by atoms with Gasteiger partial charge in [0.2, 0.25) is 5.91 Å². The number of fused-ring (bicyclic) bond motifs is 1. The van der Waals surface area contributed by atoms with Gasteiger partial charge in [0.05, 0.1) is 17.5 Å². The van der Waals surface area contributed by atoms with E-state index in [1.165, 1.54) is 24.3 Å². The van der Waals surface area contributed by atoms with Crippen molar-refractivity contribution in [3.8, 4) is 11.3 Å². The average molecular weight is 524 g/mol. The van der Waals surface area contributed by atoms with Crippen LogP contribution < -0.4 is 16.6 Å². The Morgan fingerprint density at radius 3 is 2.58 bits per heavy atom. The molecule has 2 atom stereocenters. The highest BCUT2D eigenvalue weighted by Gasteiger charge is 2.35. The van der Waals surface area contributed by atoms with Gasteiger partial charge in [-0.3, -0.25) is 14.4 Å². The number of halogens is 4. The van der Waals surface area contributed by atoms with E-state index in [2.05, 4.69) is 10.3 Å². The zero-order chi connectivity index (χ0) is 25.2. The minimum atomic E-state index is -4.57. The number of nitrogens with two attached hydrogens (primary N) is 1. The van der Waals surface area contributed by atoms with Crippen molar-refractivity contribution in [2.45, 2.75) is 37.4 Å². The van der Waals surface area contributed by atoms with Crippen LogP contribution >= 0.6 is 12.4 Å². The van der Waals surface area contributed by atoms with Crippen molar-refractivity contribution in [1.82, 2.24) is 10.3 Å². The van der Waals surface area contributed by atoms with Crippen LogP contribution in [-0.4, -0.2) is 36.1 Å². The summed E-state index contributed by atoms with van der Waals surface area (Å²) in [5.74, 6) is -1.18. The number of carbonyl (C=O) groups excluding carboxylic acids is 2. The van der Waals surface area contributed by atoms with Crippen LogP contribution in [0.4, 0.5) is 13.2 Å². The Morgan fingerprint density at radius 1 is 1.11 bits per heavy atom. The number of ether oxygens (including phenoxy) is 1. The second-order valence-corrected chi connectivity index (χ2v) is 8.47. The third kappa shape index (κ3) is 5.88. The van der Waals surface area contributed by atoms with Crippen molar-refractivity contribution in [2.75, 3.05) is 13.2 Å². The smallest absolute Gasteiger partial charge is 0.417 e. The van der Waals surface area contributed by atoms with Crippen molar-refractivity contribution in [2.24, 2.45) is 5.73 Å². The summed E-state index contributed by atoms with van der Waals surface area (Å²) in [6.45, 7) is 0.427. The topological polar surface area (TPSA) is 114 Å². The number of nitrogens with one attached hydrogen (secondary N) is 2. The molecule has 0 spiro atoms. The van der Waals surface area contributed by atoms with E-state index in [-0.39, 0.29) is 60.0 Å².